The van der Waals surface area contributed by atoms with Crippen LogP contribution in [0.5, 0.6) is 0 Å². The number of rotatable bonds is 2. The van der Waals surface area contributed by atoms with Gasteiger partial charge in [-0.3, -0.25) is 0 Å². The first-order valence-electron chi connectivity index (χ1n) is 5.31. The number of nitrogens with two attached hydrogens (primary N) is 3. The van der Waals surface area contributed by atoms with Gasteiger partial charge in [-0.25, -0.2) is 0 Å². The van der Waals surface area contributed by atoms with Gasteiger partial charge in [0.2, 0.25) is 11.9 Å². The normalized spacial score (nSPS) is 10.3. The summed E-state index contributed by atoms with van der Waals surface area (Å²) in [4.78, 5) is 14.2. The predicted molar refractivity (Wildman–Crippen MR) is 72.8 cm³/mol. The second-order valence-electron chi connectivity index (χ2n) is 4.10. The molecule has 0 atom stereocenters. The summed E-state index contributed by atoms with van der Waals surface area (Å²) in [6, 6.07) is 5.15. The quantitative estimate of drug-likeness (QED) is 0.653. The third-order valence-corrected chi connectivity index (χ3v) is 2.28. The molecule has 1 aromatic carbocycles. The fourth-order valence-electron chi connectivity index (χ4n) is 1.52. The highest BCUT2D eigenvalue weighted by molar-refractivity contribution is 5.68. The first-order valence-corrected chi connectivity index (χ1v) is 5.31. The highest BCUT2D eigenvalue weighted by Crippen LogP contribution is 2.23. The average Bonchev–Trinajstić information content (AvgIpc) is 2.26. The largest absolute Gasteiger partial charge is 0.399 e. The molecule has 0 aliphatic rings. The van der Waals surface area contributed by atoms with Gasteiger partial charge in [0.25, 0.3) is 0 Å². The summed E-state index contributed by atoms with van der Waals surface area (Å²) in [6.07, 6.45) is 0. The molecule has 0 unspecified atom stereocenters. The first kappa shape index (κ1) is 11.9. The van der Waals surface area contributed by atoms with E-state index in [9.17, 15) is 0 Å². The molecule has 2 aromatic rings. The van der Waals surface area contributed by atoms with Crippen LogP contribution in [0.15, 0.2) is 18.2 Å². The van der Waals surface area contributed by atoms with Crippen molar-refractivity contribution in [3.63, 3.8) is 0 Å². The van der Waals surface area contributed by atoms with Gasteiger partial charge in [-0.1, -0.05) is 0 Å². The number of hydrogen-bond acceptors (Lipinski definition) is 7. The van der Waals surface area contributed by atoms with Crippen LogP contribution in [0.4, 0.5) is 23.3 Å². The van der Waals surface area contributed by atoms with Crippen molar-refractivity contribution < 1.29 is 0 Å². The molecule has 0 aliphatic carbocycles. The zero-order chi connectivity index (χ0) is 13.3. The lowest BCUT2D eigenvalue weighted by Gasteiger charge is -2.11. The van der Waals surface area contributed by atoms with E-state index < -0.39 is 0 Å². The Morgan fingerprint density at radius 2 is 1.50 bits per heavy atom. The van der Waals surface area contributed by atoms with Crippen LogP contribution in [0, 0.1) is 0 Å². The molecule has 0 bridgehead atoms. The Kier molecular flexibility index (Phi) is 2.88. The van der Waals surface area contributed by atoms with Gasteiger partial charge < -0.3 is 22.1 Å². The molecule has 7 heteroatoms. The van der Waals surface area contributed by atoms with Crippen molar-refractivity contribution in [2.24, 2.45) is 0 Å². The maximum Gasteiger partial charge on any atom is 0.230 e. The van der Waals surface area contributed by atoms with E-state index in [1.54, 1.807) is 23.1 Å². The molecule has 0 saturated carbocycles. The molecule has 0 radical (unpaired) electrons. The van der Waals surface area contributed by atoms with Gasteiger partial charge in [-0.15, -0.1) is 0 Å². The Labute approximate surface area is 105 Å². The molecule has 0 saturated heterocycles. The molecule has 18 heavy (non-hydrogen) atoms. The second-order valence-corrected chi connectivity index (χ2v) is 4.10. The summed E-state index contributed by atoms with van der Waals surface area (Å²) in [5.41, 5.74) is 19.0. The molecule has 0 amide bonds. The van der Waals surface area contributed by atoms with Gasteiger partial charge in [0, 0.05) is 31.0 Å². The molecule has 6 N–H and O–H groups in total. The lowest BCUT2D eigenvalue weighted by molar-refractivity contribution is 0.970. The average molecular weight is 245 g/mol. The van der Waals surface area contributed by atoms with E-state index in [1.165, 1.54) is 0 Å². The van der Waals surface area contributed by atoms with Crippen molar-refractivity contribution in [2.45, 2.75) is 0 Å². The maximum absolute atomic E-state index is 5.74. The van der Waals surface area contributed by atoms with E-state index in [2.05, 4.69) is 15.0 Å². The minimum Gasteiger partial charge on any atom is -0.399 e. The number of nitrogen functional groups attached to an aromatic ring is 3. The Hall–Kier alpha value is -2.57. The van der Waals surface area contributed by atoms with Crippen LogP contribution < -0.4 is 22.1 Å². The summed E-state index contributed by atoms with van der Waals surface area (Å²) in [6.45, 7) is 0. The molecule has 0 spiro atoms. The van der Waals surface area contributed by atoms with Crippen LogP contribution in [0.25, 0.3) is 11.4 Å². The number of anilines is 4. The Balaban J connectivity index is 2.56. The zero-order valence-electron chi connectivity index (χ0n) is 10.3. The van der Waals surface area contributed by atoms with Gasteiger partial charge >= 0.3 is 0 Å². The van der Waals surface area contributed by atoms with Crippen molar-refractivity contribution >= 4 is 23.3 Å². The fraction of sp³-hybridized carbons (Fsp3) is 0.182. The minimum absolute atomic E-state index is 0.157. The lowest BCUT2D eigenvalue weighted by atomic mass is 10.1. The lowest BCUT2D eigenvalue weighted by Crippen LogP contribution is -2.15. The Morgan fingerprint density at radius 1 is 0.889 bits per heavy atom. The molecular formula is C11H15N7. The molecule has 7 nitrogen and oxygen atoms in total. The summed E-state index contributed by atoms with van der Waals surface area (Å²) in [7, 11) is 3.65. The number of hydrogen-bond donors (Lipinski definition) is 3. The number of aromatic nitrogens is 3. The summed E-state index contributed by atoms with van der Waals surface area (Å²) in [5, 5.41) is 0. The van der Waals surface area contributed by atoms with E-state index in [0.717, 1.165) is 0 Å². The van der Waals surface area contributed by atoms with Crippen molar-refractivity contribution in [2.75, 3.05) is 36.2 Å². The van der Waals surface area contributed by atoms with Gasteiger partial charge in [-0.2, -0.15) is 15.0 Å². The number of benzene rings is 1. The van der Waals surface area contributed by atoms with Crippen LogP contribution in [-0.4, -0.2) is 29.0 Å². The van der Waals surface area contributed by atoms with Crippen LogP contribution in [0.3, 0.4) is 0 Å². The van der Waals surface area contributed by atoms with Crippen molar-refractivity contribution in [3.05, 3.63) is 18.2 Å². The molecule has 2 rings (SSSR count). The Morgan fingerprint density at radius 3 is 2.06 bits per heavy atom. The molecular weight excluding hydrogens is 230 g/mol. The summed E-state index contributed by atoms with van der Waals surface area (Å²) in [5.74, 6) is 1.09. The monoisotopic (exact) mass is 245 g/mol. The van der Waals surface area contributed by atoms with Crippen LogP contribution >= 0.6 is 0 Å². The van der Waals surface area contributed by atoms with Gasteiger partial charge in [0.1, 0.15) is 0 Å². The van der Waals surface area contributed by atoms with Gasteiger partial charge in [0.05, 0.1) is 0 Å². The molecule has 94 valence electrons. The molecule has 0 aliphatic heterocycles. The van der Waals surface area contributed by atoms with E-state index in [1.807, 2.05) is 14.1 Å². The van der Waals surface area contributed by atoms with E-state index in [4.69, 9.17) is 17.2 Å². The van der Waals surface area contributed by atoms with Crippen LogP contribution in [0.1, 0.15) is 0 Å². The SMILES string of the molecule is CN(C)c1nc(N)nc(-c2cc(N)cc(N)c2)n1. The van der Waals surface area contributed by atoms with E-state index in [0.29, 0.717) is 28.7 Å². The highest BCUT2D eigenvalue weighted by Gasteiger charge is 2.09. The van der Waals surface area contributed by atoms with Gasteiger partial charge in [-0.05, 0) is 18.2 Å². The van der Waals surface area contributed by atoms with Crippen molar-refractivity contribution in [1.29, 1.82) is 0 Å². The van der Waals surface area contributed by atoms with Crippen molar-refractivity contribution in [3.8, 4) is 11.4 Å². The topological polar surface area (TPSA) is 120 Å². The zero-order valence-corrected chi connectivity index (χ0v) is 10.3. The standard InChI is InChI=1S/C11H15N7/c1-18(2)11-16-9(15-10(14)17-11)6-3-7(12)5-8(13)4-6/h3-5H,12-13H2,1-2H3,(H2,14,15,16,17). The van der Waals surface area contributed by atoms with Crippen LogP contribution in [-0.2, 0) is 0 Å². The van der Waals surface area contributed by atoms with Gasteiger partial charge in [0.15, 0.2) is 5.82 Å². The molecule has 1 heterocycles. The van der Waals surface area contributed by atoms with Crippen molar-refractivity contribution in [1.82, 2.24) is 15.0 Å². The summed E-state index contributed by atoms with van der Waals surface area (Å²) < 4.78 is 0. The minimum atomic E-state index is 0.157. The third-order valence-electron chi connectivity index (χ3n) is 2.28. The predicted octanol–water partition coefficient (Wildman–Crippen LogP) is 0.351. The van der Waals surface area contributed by atoms with E-state index >= 15 is 0 Å². The number of nitrogens with zero attached hydrogens (tertiary/aromatic N) is 4. The molecule has 1 aromatic heterocycles. The first-order chi connectivity index (χ1) is 8.45. The second kappa shape index (κ2) is 4.36. The Bertz CT molecular complexity index is 559. The molecule has 0 fully saturated rings. The smallest absolute Gasteiger partial charge is 0.230 e. The third kappa shape index (κ3) is 2.40. The van der Waals surface area contributed by atoms with Crippen LogP contribution in [0.2, 0.25) is 0 Å². The maximum atomic E-state index is 5.74. The highest BCUT2D eigenvalue weighted by atomic mass is 15.3. The summed E-state index contributed by atoms with van der Waals surface area (Å²) >= 11 is 0. The van der Waals surface area contributed by atoms with E-state index in [-0.39, 0.29) is 5.95 Å². The fourth-order valence-corrected chi connectivity index (χ4v) is 1.52.